The van der Waals surface area contributed by atoms with Crippen molar-refractivity contribution in [2.24, 2.45) is 11.8 Å². The first-order valence-electron chi connectivity index (χ1n) is 11.7. The predicted octanol–water partition coefficient (Wildman–Crippen LogP) is 2.64. The molecule has 2 unspecified atom stereocenters. The van der Waals surface area contributed by atoms with E-state index in [-0.39, 0.29) is 36.8 Å². The summed E-state index contributed by atoms with van der Waals surface area (Å²) in [5.41, 5.74) is 2.72. The highest BCUT2D eigenvalue weighted by molar-refractivity contribution is 8.02. The molecule has 0 aromatic heterocycles. The molecule has 1 aromatic carbocycles. The van der Waals surface area contributed by atoms with Gasteiger partial charge in [-0.15, -0.1) is 18.3 Å². The normalized spacial score (nSPS) is 29.1. The number of nitrogens with zero attached hydrogens (tertiary/aromatic N) is 2. The number of esters is 1. The number of para-hydroxylation sites is 1. The number of fused-ring (bicyclic) bond motifs is 1. The van der Waals surface area contributed by atoms with Crippen LogP contribution in [0.25, 0.3) is 0 Å². The molecule has 3 aliphatic heterocycles. The fourth-order valence-electron chi connectivity index (χ4n) is 6.09. The van der Waals surface area contributed by atoms with E-state index in [1.165, 1.54) is 11.0 Å². The zero-order valence-corrected chi connectivity index (χ0v) is 20.6. The van der Waals surface area contributed by atoms with Crippen LogP contribution in [-0.4, -0.2) is 70.1 Å². The number of anilines is 1. The van der Waals surface area contributed by atoms with Crippen molar-refractivity contribution in [1.29, 1.82) is 0 Å². The zero-order valence-electron chi connectivity index (χ0n) is 19.7. The second-order valence-corrected chi connectivity index (χ2v) is 10.8. The molecule has 1 aromatic rings. The number of hydrogen-bond donors (Lipinski definition) is 1. The number of ether oxygens (including phenoxy) is 1. The summed E-state index contributed by atoms with van der Waals surface area (Å²) in [6.45, 7) is 11.5. The molecular formula is C26H32N2O5S. The molecular weight excluding hydrogens is 452 g/mol. The van der Waals surface area contributed by atoms with E-state index in [1.807, 2.05) is 32.0 Å². The van der Waals surface area contributed by atoms with E-state index < -0.39 is 28.6 Å². The number of carbonyl (C=O) groups excluding carboxylic acids is 3. The van der Waals surface area contributed by atoms with Gasteiger partial charge in [0.2, 0.25) is 5.91 Å². The van der Waals surface area contributed by atoms with Crippen LogP contribution in [0.2, 0.25) is 0 Å². The third-order valence-electron chi connectivity index (χ3n) is 7.28. The van der Waals surface area contributed by atoms with Gasteiger partial charge in [-0.2, -0.15) is 0 Å². The van der Waals surface area contributed by atoms with Crippen molar-refractivity contribution in [3.05, 3.63) is 54.6 Å². The average Bonchev–Trinajstić information content (AvgIpc) is 3.44. The quantitative estimate of drug-likeness (QED) is 0.428. The number of aliphatic hydroxyl groups excluding tert-OH is 1. The smallest absolute Gasteiger partial charge is 0.311 e. The Morgan fingerprint density at radius 3 is 2.62 bits per heavy atom. The number of benzene rings is 1. The number of carbonyl (C=O) groups is 3. The van der Waals surface area contributed by atoms with Crippen LogP contribution in [0.3, 0.4) is 0 Å². The Hall–Kier alpha value is -2.58. The van der Waals surface area contributed by atoms with Gasteiger partial charge in [0.25, 0.3) is 5.91 Å². The molecule has 2 bridgehead atoms. The minimum atomic E-state index is -0.775. The van der Waals surface area contributed by atoms with Crippen molar-refractivity contribution in [1.82, 2.24) is 4.90 Å². The van der Waals surface area contributed by atoms with Gasteiger partial charge in [-0.25, -0.2) is 0 Å². The summed E-state index contributed by atoms with van der Waals surface area (Å²) in [7, 11) is 0. The molecule has 3 heterocycles. The van der Waals surface area contributed by atoms with Gasteiger partial charge in [0, 0.05) is 24.0 Å². The van der Waals surface area contributed by atoms with E-state index in [0.29, 0.717) is 13.0 Å². The number of aliphatic hydroxyl groups is 1. The highest BCUT2D eigenvalue weighted by atomic mass is 32.2. The fourth-order valence-corrected chi connectivity index (χ4v) is 8.29. The Bertz CT molecular complexity index is 1010. The largest absolute Gasteiger partial charge is 0.461 e. The summed E-state index contributed by atoms with van der Waals surface area (Å²) in [6, 6.07) is 5.09. The number of rotatable bonds is 9. The molecule has 7 nitrogen and oxygen atoms in total. The average molecular weight is 485 g/mol. The van der Waals surface area contributed by atoms with Crippen molar-refractivity contribution in [2.75, 3.05) is 31.2 Å². The number of β-amino-alcohol motifs (C(OH)–C–C–N with tert-alkyl or cyclic N) is 1. The molecule has 3 aliphatic rings. The third kappa shape index (κ3) is 3.67. The van der Waals surface area contributed by atoms with E-state index in [1.54, 1.807) is 22.7 Å². The first kappa shape index (κ1) is 24.5. The standard InChI is InChI=1S/C26H32N2O5S/c1-5-12-27(21-16(3)8-7-9-17(21)4)24(31)22-26-11-10-18(34-26)19(25(32)33-15-6-2)20(26)23(30)28(22)13-14-29/h5-9,18-20,22,29H,1-2,10-15H2,3-4H3/t18-,19+,20-,22?,26?/m0/s1. The topological polar surface area (TPSA) is 87.2 Å². The van der Waals surface area contributed by atoms with Gasteiger partial charge in [0.05, 0.1) is 23.2 Å². The van der Waals surface area contributed by atoms with Crippen molar-refractivity contribution in [3.8, 4) is 0 Å². The monoisotopic (exact) mass is 484 g/mol. The molecule has 0 aliphatic carbocycles. The first-order chi connectivity index (χ1) is 16.3. The van der Waals surface area contributed by atoms with Gasteiger partial charge in [-0.3, -0.25) is 14.4 Å². The van der Waals surface area contributed by atoms with Gasteiger partial charge in [-0.05, 0) is 37.8 Å². The first-order valence-corrected chi connectivity index (χ1v) is 12.6. The van der Waals surface area contributed by atoms with Gasteiger partial charge in [0.15, 0.2) is 0 Å². The van der Waals surface area contributed by atoms with Crippen LogP contribution >= 0.6 is 11.8 Å². The maximum Gasteiger partial charge on any atom is 0.311 e. The lowest BCUT2D eigenvalue weighted by molar-refractivity contribution is -0.153. The Kier molecular flexibility index (Phi) is 6.92. The number of hydrogen-bond acceptors (Lipinski definition) is 6. The summed E-state index contributed by atoms with van der Waals surface area (Å²) in [5.74, 6) is -2.10. The summed E-state index contributed by atoms with van der Waals surface area (Å²) < 4.78 is 4.64. The van der Waals surface area contributed by atoms with E-state index in [4.69, 9.17) is 4.74 Å². The SMILES string of the molecule is C=CCOC(=O)[C@@H]1[C@@H]2CCC3(S2)C(C(=O)N(CC=C)c2c(C)cccc2C)N(CCO)C(=O)[C@H]13. The van der Waals surface area contributed by atoms with Gasteiger partial charge >= 0.3 is 5.97 Å². The molecule has 2 amide bonds. The van der Waals surface area contributed by atoms with Crippen LogP contribution in [-0.2, 0) is 19.1 Å². The van der Waals surface area contributed by atoms with Crippen LogP contribution in [0.1, 0.15) is 24.0 Å². The van der Waals surface area contributed by atoms with Crippen molar-refractivity contribution >= 4 is 35.2 Å². The summed E-state index contributed by atoms with van der Waals surface area (Å²) >= 11 is 1.58. The fraction of sp³-hybridized carbons (Fsp3) is 0.500. The van der Waals surface area contributed by atoms with E-state index in [0.717, 1.165) is 23.2 Å². The van der Waals surface area contributed by atoms with Gasteiger partial charge < -0.3 is 19.6 Å². The summed E-state index contributed by atoms with van der Waals surface area (Å²) in [5, 5.41) is 9.70. The number of aryl methyl sites for hydroxylation is 2. The molecule has 8 heteroatoms. The lowest BCUT2D eigenvalue weighted by Gasteiger charge is -2.37. The van der Waals surface area contributed by atoms with E-state index >= 15 is 0 Å². The number of amides is 2. The van der Waals surface area contributed by atoms with E-state index in [9.17, 15) is 19.5 Å². The molecule has 1 spiro atoms. The van der Waals surface area contributed by atoms with Crippen LogP contribution in [0, 0.1) is 25.7 Å². The molecule has 3 saturated heterocycles. The Morgan fingerprint density at radius 2 is 2.00 bits per heavy atom. The molecule has 34 heavy (non-hydrogen) atoms. The predicted molar refractivity (Wildman–Crippen MR) is 133 cm³/mol. The lowest BCUT2D eigenvalue weighted by Crippen LogP contribution is -2.55. The highest BCUT2D eigenvalue weighted by Gasteiger charge is 2.74. The van der Waals surface area contributed by atoms with E-state index in [2.05, 4.69) is 13.2 Å². The number of likely N-dealkylation sites (tertiary alicyclic amines) is 1. The molecule has 182 valence electrons. The Balaban J connectivity index is 1.77. The lowest BCUT2D eigenvalue weighted by atomic mass is 9.71. The number of thioether (sulfide) groups is 1. The van der Waals surface area contributed by atoms with Crippen molar-refractivity contribution in [2.45, 2.75) is 42.7 Å². The van der Waals surface area contributed by atoms with Crippen LogP contribution in [0.5, 0.6) is 0 Å². The molecule has 0 saturated carbocycles. The molecule has 3 fully saturated rings. The highest BCUT2D eigenvalue weighted by Crippen LogP contribution is 2.66. The molecule has 0 radical (unpaired) electrons. The Morgan fingerprint density at radius 1 is 1.29 bits per heavy atom. The minimum absolute atomic E-state index is 0.0435. The Labute approximate surface area is 204 Å². The summed E-state index contributed by atoms with van der Waals surface area (Å²) in [4.78, 5) is 44.2. The maximum atomic E-state index is 14.3. The van der Waals surface area contributed by atoms with Crippen LogP contribution < -0.4 is 4.90 Å². The molecule has 5 atom stereocenters. The summed E-state index contributed by atoms with van der Waals surface area (Å²) in [6.07, 6.45) is 4.59. The maximum absolute atomic E-state index is 14.3. The minimum Gasteiger partial charge on any atom is -0.461 e. The van der Waals surface area contributed by atoms with Crippen molar-refractivity contribution < 1.29 is 24.2 Å². The zero-order chi connectivity index (χ0) is 24.6. The third-order valence-corrected chi connectivity index (χ3v) is 9.23. The van der Waals surface area contributed by atoms with Crippen molar-refractivity contribution in [3.63, 3.8) is 0 Å². The second-order valence-electron chi connectivity index (χ2n) is 9.21. The van der Waals surface area contributed by atoms with Crippen LogP contribution in [0.15, 0.2) is 43.5 Å². The van der Waals surface area contributed by atoms with Gasteiger partial charge in [-0.1, -0.05) is 36.9 Å². The molecule has 1 N–H and O–H groups in total. The van der Waals surface area contributed by atoms with Crippen LogP contribution in [0.4, 0.5) is 5.69 Å². The van der Waals surface area contributed by atoms with Gasteiger partial charge in [0.1, 0.15) is 12.6 Å². The molecule has 4 rings (SSSR count). The second kappa shape index (κ2) is 9.58.